The van der Waals surface area contributed by atoms with Crippen molar-refractivity contribution in [3.8, 4) is 11.5 Å². The normalized spacial score (nSPS) is 10.5. The van der Waals surface area contributed by atoms with Crippen molar-refractivity contribution in [2.45, 2.75) is 13.8 Å². The summed E-state index contributed by atoms with van der Waals surface area (Å²) in [5.74, 6) is 0.550. The summed E-state index contributed by atoms with van der Waals surface area (Å²) in [4.78, 5) is 12.9. The molecule has 2 aromatic rings. The highest BCUT2D eigenvalue weighted by Gasteiger charge is 2.09. The largest absolute Gasteiger partial charge is 0.250 e. The van der Waals surface area contributed by atoms with Gasteiger partial charge in [-0.15, -0.1) is 0 Å². The van der Waals surface area contributed by atoms with Gasteiger partial charge in [-0.2, -0.15) is 0 Å². The third-order valence-electron chi connectivity index (χ3n) is 2.09. The summed E-state index contributed by atoms with van der Waals surface area (Å²) in [5, 5.41) is 0.408. The van der Waals surface area contributed by atoms with E-state index in [1.807, 2.05) is 32.0 Å². The number of nitrogens with zero attached hydrogens (tertiary/aromatic N) is 3. The predicted molar refractivity (Wildman–Crippen MR) is 67.4 cm³/mol. The zero-order valence-electron chi connectivity index (χ0n) is 8.83. The van der Waals surface area contributed by atoms with Crippen LogP contribution in [-0.2, 0) is 0 Å². The molecule has 0 aliphatic carbocycles. The number of aryl methyl sites for hydroxylation is 2. The maximum Gasteiger partial charge on any atom is 0.179 e. The summed E-state index contributed by atoms with van der Waals surface area (Å²) in [5.41, 5.74) is 2.47. The highest BCUT2D eigenvalue weighted by molar-refractivity contribution is 9.10. The quantitative estimate of drug-likeness (QED) is 0.755. The van der Waals surface area contributed by atoms with Gasteiger partial charge in [0, 0.05) is 5.69 Å². The Bertz CT molecular complexity index is 519. The lowest BCUT2D eigenvalue weighted by molar-refractivity contribution is 1.06. The van der Waals surface area contributed by atoms with E-state index in [0.29, 0.717) is 11.0 Å². The highest BCUT2D eigenvalue weighted by Crippen LogP contribution is 2.25. The molecule has 2 rings (SSSR count). The molecule has 0 radical (unpaired) electrons. The second-order valence-corrected chi connectivity index (χ2v) is 4.55. The third kappa shape index (κ3) is 2.23. The molecule has 0 saturated heterocycles. The van der Waals surface area contributed by atoms with Crippen LogP contribution in [0.4, 0.5) is 0 Å². The average Bonchev–Trinajstić information content (AvgIpc) is 2.25. The second kappa shape index (κ2) is 4.47. The molecule has 0 spiro atoms. The summed E-state index contributed by atoms with van der Waals surface area (Å²) < 4.78 is 0.727. The van der Waals surface area contributed by atoms with Crippen LogP contribution in [0.25, 0.3) is 11.5 Å². The SMILES string of the molecule is Cc1cccc(-c2nc(C)c(Br)c(Cl)n2)n1. The van der Waals surface area contributed by atoms with Crippen LogP contribution in [0, 0.1) is 13.8 Å². The van der Waals surface area contributed by atoms with Crippen LogP contribution in [0.5, 0.6) is 0 Å². The van der Waals surface area contributed by atoms with E-state index >= 15 is 0 Å². The van der Waals surface area contributed by atoms with Crippen molar-refractivity contribution in [1.29, 1.82) is 0 Å². The molecule has 0 N–H and O–H groups in total. The molecule has 0 atom stereocenters. The first kappa shape index (κ1) is 11.5. The minimum atomic E-state index is 0.408. The van der Waals surface area contributed by atoms with Gasteiger partial charge in [-0.05, 0) is 41.9 Å². The van der Waals surface area contributed by atoms with Crippen LogP contribution in [0.2, 0.25) is 5.15 Å². The fourth-order valence-electron chi connectivity index (χ4n) is 1.31. The zero-order valence-corrected chi connectivity index (χ0v) is 11.2. The lowest BCUT2D eigenvalue weighted by Crippen LogP contribution is -1.96. The van der Waals surface area contributed by atoms with Gasteiger partial charge < -0.3 is 0 Å². The number of rotatable bonds is 1. The summed E-state index contributed by atoms with van der Waals surface area (Å²) in [6.07, 6.45) is 0. The molecular formula is C11H9BrClN3. The molecule has 0 saturated carbocycles. The molecule has 0 aliphatic rings. The Kier molecular flexibility index (Phi) is 3.21. The first-order valence-electron chi connectivity index (χ1n) is 4.71. The monoisotopic (exact) mass is 297 g/mol. The fourth-order valence-corrected chi connectivity index (χ4v) is 1.70. The van der Waals surface area contributed by atoms with Crippen molar-refractivity contribution in [2.24, 2.45) is 0 Å². The summed E-state index contributed by atoms with van der Waals surface area (Å²) in [7, 11) is 0. The molecule has 0 aromatic carbocycles. The molecule has 82 valence electrons. The Balaban J connectivity index is 2.57. The van der Waals surface area contributed by atoms with Gasteiger partial charge >= 0.3 is 0 Å². The molecule has 2 aromatic heterocycles. The van der Waals surface area contributed by atoms with E-state index < -0.39 is 0 Å². The van der Waals surface area contributed by atoms with Crippen molar-refractivity contribution in [3.63, 3.8) is 0 Å². The van der Waals surface area contributed by atoms with Crippen molar-refractivity contribution in [2.75, 3.05) is 0 Å². The molecule has 0 unspecified atom stereocenters. The molecular weight excluding hydrogens is 289 g/mol. The van der Waals surface area contributed by atoms with E-state index in [4.69, 9.17) is 11.6 Å². The summed E-state index contributed by atoms with van der Waals surface area (Å²) >= 11 is 9.31. The number of hydrogen-bond donors (Lipinski definition) is 0. The Morgan fingerprint density at radius 3 is 2.50 bits per heavy atom. The van der Waals surface area contributed by atoms with E-state index in [9.17, 15) is 0 Å². The minimum absolute atomic E-state index is 0.408. The molecule has 0 amide bonds. The summed E-state index contributed by atoms with van der Waals surface area (Å²) in [6.45, 7) is 3.80. The number of aromatic nitrogens is 3. The molecule has 16 heavy (non-hydrogen) atoms. The fraction of sp³-hybridized carbons (Fsp3) is 0.182. The van der Waals surface area contributed by atoms with Crippen LogP contribution >= 0.6 is 27.5 Å². The molecule has 0 bridgehead atoms. The van der Waals surface area contributed by atoms with Gasteiger partial charge in [-0.1, -0.05) is 17.7 Å². The minimum Gasteiger partial charge on any atom is -0.250 e. The van der Waals surface area contributed by atoms with Gasteiger partial charge in [-0.25, -0.2) is 15.0 Å². The first-order valence-corrected chi connectivity index (χ1v) is 5.88. The average molecular weight is 299 g/mol. The lowest BCUT2D eigenvalue weighted by atomic mass is 10.3. The molecule has 0 aliphatic heterocycles. The Hall–Kier alpha value is -1.000. The van der Waals surface area contributed by atoms with Gasteiger partial charge in [-0.3, -0.25) is 0 Å². The topological polar surface area (TPSA) is 38.7 Å². The van der Waals surface area contributed by atoms with Crippen molar-refractivity contribution in [1.82, 2.24) is 15.0 Å². The van der Waals surface area contributed by atoms with E-state index in [1.165, 1.54) is 0 Å². The smallest absolute Gasteiger partial charge is 0.179 e. The van der Waals surface area contributed by atoms with Gasteiger partial charge in [0.05, 0.1) is 10.2 Å². The first-order chi connectivity index (χ1) is 7.58. The van der Waals surface area contributed by atoms with Crippen LogP contribution in [0.15, 0.2) is 22.7 Å². The molecule has 0 fully saturated rings. The Labute approximate surface area is 107 Å². The van der Waals surface area contributed by atoms with Crippen LogP contribution in [0.1, 0.15) is 11.4 Å². The van der Waals surface area contributed by atoms with Crippen LogP contribution in [-0.4, -0.2) is 15.0 Å². The molecule has 3 nitrogen and oxygen atoms in total. The maximum atomic E-state index is 5.98. The van der Waals surface area contributed by atoms with Gasteiger partial charge in [0.25, 0.3) is 0 Å². The third-order valence-corrected chi connectivity index (χ3v) is 3.55. The number of halogens is 2. The van der Waals surface area contributed by atoms with Gasteiger partial charge in [0.2, 0.25) is 0 Å². The predicted octanol–water partition coefficient (Wildman–Crippen LogP) is 3.57. The maximum absolute atomic E-state index is 5.98. The Morgan fingerprint density at radius 1 is 1.12 bits per heavy atom. The van der Waals surface area contributed by atoms with Crippen molar-refractivity contribution < 1.29 is 0 Å². The zero-order chi connectivity index (χ0) is 11.7. The van der Waals surface area contributed by atoms with E-state index in [2.05, 4.69) is 30.9 Å². The molecule has 5 heteroatoms. The highest BCUT2D eigenvalue weighted by atomic mass is 79.9. The molecule has 2 heterocycles. The lowest BCUT2D eigenvalue weighted by Gasteiger charge is -2.04. The van der Waals surface area contributed by atoms with Crippen molar-refractivity contribution in [3.05, 3.63) is 39.2 Å². The second-order valence-electron chi connectivity index (χ2n) is 3.40. The number of hydrogen-bond acceptors (Lipinski definition) is 3. The van der Waals surface area contributed by atoms with Crippen molar-refractivity contribution >= 4 is 27.5 Å². The van der Waals surface area contributed by atoms with Crippen LogP contribution in [0.3, 0.4) is 0 Å². The number of pyridine rings is 1. The standard InChI is InChI=1S/C11H9BrClN3/c1-6-4-3-5-8(14-6)11-15-7(2)9(12)10(13)16-11/h3-5H,1-2H3. The van der Waals surface area contributed by atoms with Gasteiger partial charge in [0.1, 0.15) is 10.8 Å². The van der Waals surface area contributed by atoms with Gasteiger partial charge in [0.15, 0.2) is 5.82 Å². The van der Waals surface area contributed by atoms with Crippen LogP contribution < -0.4 is 0 Å². The Morgan fingerprint density at radius 2 is 1.88 bits per heavy atom. The van der Waals surface area contributed by atoms with E-state index in [-0.39, 0.29) is 0 Å². The van der Waals surface area contributed by atoms with E-state index in [0.717, 1.165) is 21.6 Å². The summed E-state index contributed by atoms with van der Waals surface area (Å²) in [6, 6.07) is 5.72. The van der Waals surface area contributed by atoms with E-state index in [1.54, 1.807) is 0 Å².